The average molecular weight is 299 g/mol. The van der Waals surface area contributed by atoms with Crippen molar-refractivity contribution in [3.63, 3.8) is 0 Å². The molecule has 0 spiro atoms. The summed E-state index contributed by atoms with van der Waals surface area (Å²) in [5.74, 6) is 0. The van der Waals surface area contributed by atoms with E-state index in [2.05, 4.69) is 17.2 Å². The molecule has 1 heterocycles. The van der Waals surface area contributed by atoms with Crippen LogP contribution in [-0.4, -0.2) is 37.3 Å². The monoisotopic (exact) mass is 299 g/mol. The predicted octanol–water partition coefficient (Wildman–Crippen LogP) is 2.71. The van der Waals surface area contributed by atoms with Gasteiger partial charge in [-0.1, -0.05) is 20.3 Å². The van der Waals surface area contributed by atoms with Crippen molar-refractivity contribution in [2.24, 2.45) is 0 Å². The zero-order valence-electron chi connectivity index (χ0n) is 12.8. The van der Waals surface area contributed by atoms with Crippen LogP contribution < -0.4 is 5.32 Å². The standard InChI is InChI=1S/C14H25N3O2S/c1-5-7-10-17(12(3)6-2)20(18,19)14-11-16-9-8-13(14)15-4/h8-9,11-12H,5-7,10H2,1-4H3,(H,15,16). The fourth-order valence-corrected chi connectivity index (χ4v) is 3.90. The third-order valence-corrected chi connectivity index (χ3v) is 5.50. The number of nitrogens with one attached hydrogen (secondary N) is 1. The molecule has 0 aliphatic carbocycles. The van der Waals surface area contributed by atoms with Crippen LogP contribution in [0, 0.1) is 0 Å². The molecule has 0 aromatic carbocycles. The summed E-state index contributed by atoms with van der Waals surface area (Å²) in [7, 11) is -1.80. The maximum Gasteiger partial charge on any atom is 0.246 e. The molecule has 20 heavy (non-hydrogen) atoms. The van der Waals surface area contributed by atoms with E-state index in [1.54, 1.807) is 23.6 Å². The molecule has 1 N–H and O–H groups in total. The number of anilines is 1. The lowest BCUT2D eigenvalue weighted by molar-refractivity contribution is 0.324. The lowest BCUT2D eigenvalue weighted by Crippen LogP contribution is -2.39. The first-order valence-corrected chi connectivity index (χ1v) is 8.56. The van der Waals surface area contributed by atoms with Crippen LogP contribution in [0.25, 0.3) is 0 Å². The van der Waals surface area contributed by atoms with Gasteiger partial charge in [-0.3, -0.25) is 4.98 Å². The van der Waals surface area contributed by atoms with Gasteiger partial charge in [-0.15, -0.1) is 0 Å². The van der Waals surface area contributed by atoms with Crippen molar-refractivity contribution < 1.29 is 8.42 Å². The molecule has 1 atom stereocenters. The molecule has 6 heteroatoms. The minimum Gasteiger partial charge on any atom is -0.387 e. The molecule has 1 aromatic heterocycles. The molecule has 1 unspecified atom stereocenters. The quantitative estimate of drug-likeness (QED) is 0.801. The summed E-state index contributed by atoms with van der Waals surface area (Å²) in [6.45, 7) is 6.56. The Morgan fingerprint density at radius 2 is 2.10 bits per heavy atom. The van der Waals surface area contributed by atoms with Crippen LogP contribution >= 0.6 is 0 Å². The molecule has 0 bridgehead atoms. The summed E-state index contributed by atoms with van der Waals surface area (Å²) in [6.07, 6.45) is 5.62. The molecule has 0 aliphatic heterocycles. The maximum absolute atomic E-state index is 12.9. The van der Waals surface area contributed by atoms with E-state index >= 15 is 0 Å². The smallest absolute Gasteiger partial charge is 0.246 e. The van der Waals surface area contributed by atoms with Crippen LogP contribution in [-0.2, 0) is 10.0 Å². The van der Waals surface area contributed by atoms with Crippen molar-refractivity contribution in [1.29, 1.82) is 0 Å². The van der Waals surface area contributed by atoms with E-state index in [0.717, 1.165) is 19.3 Å². The average Bonchev–Trinajstić information content (AvgIpc) is 2.46. The maximum atomic E-state index is 12.9. The molecular formula is C14H25N3O2S. The van der Waals surface area contributed by atoms with Gasteiger partial charge in [0, 0.05) is 32.0 Å². The highest BCUT2D eigenvalue weighted by Crippen LogP contribution is 2.25. The third-order valence-electron chi connectivity index (χ3n) is 3.45. The predicted molar refractivity (Wildman–Crippen MR) is 82.3 cm³/mol. The summed E-state index contributed by atoms with van der Waals surface area (Å²) >= 11 is 0. The fourth-order valence-electron chi connectivity index (χ4n) is 2.01. The number of nitrogens with zero attached hydrogens (tertiary/aromatic N) is 2. The van der Waals surface area contributed by atoms with E-state index in [0.29, 0.717) is 12.2 Å². The molecule has 0 aliphatic rings. The van der Waals surface area contributed by atoms with Crippen molar-refractivity contribution in [2.75, 3.05) is 18.9 Å². The zero-order valence-corrected chi connectivity index (χ0v) is 13.6. The Bertz CT molecular complexity index is 517. The van der Waals surface area contributed by atoms with Crippen LogP contribution in [0.2, 0.25) is 0 Å². The molecule has 1 rings (SSSR count). The van der Waals surface area contributed by atoms with Crippen LogP contribution in [0.15, 0.2) is 23.4 Å². The minimum absolute atomic E-state index is 0.0172. The first-order valence-electron chi connectivity index (χ1n) is 7.12. The number of sulfonamides is 1. The highest BCUT2D eigenvalue weighted by Gasteiger charge is 2.29. The number of aromatic nitrogens is 1. The molecule has 0 amide bonds. The Morgan fingerprint density at radius 1 is 1.40 bits per heavy atom. The van der Waals surface area contributed by atoms with Crippen molar-refractivity contribution in [3.05, 3.63) is 18.5 Å². The van der Waals surface area contributed by atoms with E-state index in [-0.39, 0.29) is 10.9 Å². The van der Waals surface area contributed by atoms with E-state index < -0.39 is 10.0 Å². The van der Waals surface area contributed by atoms with Gasteiger partial charge in [0.1, 0.15) is 4.90 Å². The van der Waals surface area contributed by atoms with Crippen LogP contribution in [0.1, 0.15) is 40.0 Å². The summed E-state index contributed by atoms with van der Waals surface area (Å²) in [6, 6.07) is 1.66. The Hall–Kier alpha value is -1.14. The molecular weight excluding hydrogens is 274 g/mol. The van der Waals surface area contributed by atoms with E-state index in [4.69, 9.17) is 0 Å². The second-order valence-electron chi connectivity index (χ2n) is 4.85. The molecule has 0 fully saturated rings. The number of unbranched alkanes of at least 4 members (excludes halogenated alkanes) is 1. The highest BCUT2D eigenvalue weighted by atomic mass is 32.2. The number of pyridine rings is 1. The first-order chi connectivity index (χ1) is 9.48. The summed E-state index contributed by atoms with van der Waals surface area (Å²) in [5, 5.41) is 2.92. The van der Waals surface area contributed by atoms with E-state index in [1.807, 2.05) is 13.8 Å². The number of rotatable bonds is 8. The lowest BCUT2D eigenvalue weighted by Gasteiger charge is -2.28. The van der Waals surface area contributed by atoms with Gasteiger partial charge in [0.25, 0.3) is 0 Å². The topological polar surface area (TPSA) is 62.3 Å². The Kier molecular flexibility index (Phi) is 6.42. The van der Waals surface area contributed by atoms with Gasteiger partial charge in [0.15, 0.2) is 0 Å². The Balaban J connectivity index is 3.21. The lowest BCUT2D eigenvalue weighted by atomic mass is 10.2. The van der Waals surface area contributed by atoms with Gasteiger partial charge >= 0.3 is 0 Å². The molecule has 0 saturated carbocycles. The van der Waals surface area contributed by atoms with Gasteiger partial charge in [-0.25, -0.2) is 8.42 Å². The second-order valence-corrected chi connectivity index (χ2v) is 6.71. The summed E-state index contributed by atoms with van der Waals surface area (Å²) < 4.78 is 27.3. The molecule has 114 valence electrons. The number of hydrogen-bond acceptors (Lipinski definition) is 4. The largest absolute Gasteiger partial charge is 0.387 e. The van der Waals surface area contributed by atoms with E-state index in [9.17, 15) is 8.42 Å². The fraction of sp³-hybridized carbons (Fsp3) is 0.643. The SMILES string of the molecule is CCCCN(C(C)CC)S(=O)(=O)c1cnccc1NC. The Labute approximate surface area is 122 Å². The van der Waals surface area contributed by atoms with Crippen molar-refractivity contribution in [1.82, 2.24) is 9.29 Å². The first kappa shape index (κ1) is 16.9. The van der Waals surface area contributed by atoms with Gasteiger partial charge in [0.2, 0.25) is 10.0 Å². The third kappa shape index (κ3) is 3.70. The highest BCUT2D eigenvalue weighted by molar-refractivity contribution is 7.89. The minimum atomic E-state index is -3.52. The van der Waals surface area contributed by atoms with Gasteiger partial charge in [-0.05, 0) is 25.8 Å². The van der Waals surface area contributed by atoms with Crippen molar-refractivity contribution in [2.45, 2.75) is 51.0 Å². The van der Waals surface area contributed by atoms with Crippen LogP contribution in [0.5, 0.6) is 0 Å². The van der Waals surface area contributed by atoms with Gasteiger partial charge in [-0.2, -0.15) is 4.31 Å². The van der Waals surface area contributed by atoms with Crippen molar-refractivity contribution in [3.8, 4) is 0 Å². The van der Waals surface area contributed by atoms with Crippen LogP contribution in [0.4, 0.5) is 5.69 Å². The summed E-state index contributed by atoms with van der Waals surface area (Å²) in [4.78, 5) is 4.21. The summed E-state index contributed by atoms with van der Waals surface area (Å²) in [5.41, 5.74) is 0.588. The normalized spacial score (nSPS) is 13.4. The zero-order chi connectivity index (χ0) is 15.2. The second kappa shape index (κ2) is 7.59. The number of hydrogen-bond donors (Lipinski definition) is 1. The molecule has 0 radical (unpaired) electrons. The molecule has 0 saturated heterocycles. The van der Waals surface area contributed by atoms with Gasteiger partial charge < -0.3 is 5.32 Å². The van der Waals surface area contributed by atoms with Gasteiger partial charge in [0.05, 0.1) is 5.69 Å². The molecule has 1 aromatic rings. The van der Waals surface area contributed by atoms with Crippen LogP contribution in [0.3, 0.4) is 0 Å². The van der Waals surface area contributed by atoms with E-state index in [1.165, 1.54) is 6.20 Å². The van der Waals surface area contributed by atoms with Crippen molar-refractivity contribution >= 4 is 15.7 Å². The Morgan fingerprint density at radius 3 is 2.65 bits per heavy atom. The molecule has 5 nitrogen and oxygen atoms in total.